The summed E-state index contributed by atoms with van der Waals surface area (Å²) in [6.45, 7) is 7.96. The predicted octanol–water partition coefficient (Wildman–Crippen LogP) is 3.56. The van der Waals surface area contributed by atoms with Gasteiger partial charge in [-0.3, -0.25) is 4.90 Å². The van der Waals surface area contributed by atoms with Gasteiger partial charge in [-0.1, -0.05) is 56.3 Å². The van der Waals surface area contributed by atoms with Gasteiger partial charge >= 0.3 is 5.97 Å². The van der Waals surface area contributed by atoms with E-state index in [1.807, 2.05) is 18.2 Å². The number of benzene rings is 2. The number of aromatic carboxylic acids is 1. The van der Waals surface area contributed by atoms with Gasteiger partial charge in [0.2, 0.25) is 0 Å². The van der Waals surface area contributed by atoms with E-state index in [2.05, 4.69) is 48.3 Å². The number of hydrogen-bond donors (Lipinski definition) is 2. The number of nitrogens with one attached hydrogen (secondary N) is 1. The first kappa shape index (κ1) is 18.2. The lowest BCUT2D eigenvalue weighted by Gasteiger charge is -2.30. The van der Waals surface area contributed by atoms with Crippen molar-refractivity contribution in [3.8, 4) is 0 Å². The first-order chi connectivity index (χ1) is 11.7. The van der Waals surface area contributed by atoms with Crippen LogP contribution in [-0.4, -0.2) is 35.6 Å². The molecule has 0 amide bonds. The summed E-state index contributed by atoms with van der Waals surface area (Å²) in [5.74, 6) is -0.889. The molecule has 2 N–H and O–H groups in total. The van der Waals surface area contributed by atoms with Crippen LogP contribution >= 0.6 is 0 Å². The first-order valence-corrected chi connectivity index (χ1v) is 8.47. The fourth-order valence-corrected chi connectivity index (χ4v) is 2.92. The highest BCUT2D eigenvalue weighted by Crippen LogP contribution is 2.19. The summed E-state index contributed by atoms with van der Waals surface area (Å²) in [5.41, 5.74) is 2.73. The lowest BCUT2D eigenvalue weighted by molar-refractivity contribution is 0.0697. The van der Waals surface area contributed by atoms with Crippen LogP contribution in [0.2, 0.25) is 0 Å². The van der Waals surface area contributed by atoms with Gasteiger partial charge in [0.15, 0.2) is 0 Å². The maximum absolute atomic E-state index is 10.9. The maximum atomic E-state index is 10.9. The summed E-state index contributed by atoms with van der Waals surface area (Å²) in [6.07, 6.45) is 0. The Labute approximate surface area is 144 Å². The monoisotopic (exact) mass is 326 g/mol. The molecule has 24 heavy (non-hydrogen) atoms. The van der Waals surface area contributed by atoms with Crippen molar-refractivity contribution in [3.63, 3.8) is 0 Å². The molecule has 1 atom stereocenters. The van der Waals surface area contributed by atoms with Crippen molar-refractivity contribution in [3.05, 3.63) is 71.3 Å². The number of nitrogens with zero attached hydrogens (tertiary/aromatic N) is 1. The Balaban J connectivity index is 1.98. The molecule has 2 rings (SSSR count). The Bertz CT molecular complexity index is 622. The van der Waals surface area contributed by atoms with E-state index in [4.69, 9.17) is 5.11 Å². The SMILES string of the molecule is CCN(CC)C(CNCc1ccc(C(=O)O)cc1)c1ccccc1. The molecule has 0 fully saturated rings. The number of carboxylic acid groups (broad SMARTS) is 1. The Morgan fingerprint density at radius 2 is 1.67 bits per heavy atom. The molecule has 4 heteroatoms. The summed E-state index contributed by atoms with van der Waals surface area (Å²) >= 11 is 0. The van der Waals surface area contributed by atoms with E-state index in [0.717, 1.165) is 31.7 Å². The summed E-state index contributed by atoms with van der Waals surface area (Å²) in [5, 5.41) is 12.5. The minimum atomic E-state index is -0.889. The molecule has 0 aliphatic carbocycles. The van der Waals surface area contributed by atoms with Crippen molar-refractivity contribution >= 4 is 5.97 Å². The summed E-state index contributed by atoms with van der Waals surface area (Å²) in [4.78, 5) is 13.3. The molecule has 2 aromatic carbocycles. The Hall–Kier alpha value is -2.17. The number of carboxylic acids is 1. The molecule has 2 aromatic rings. The molecule has 4 nitrogen and oxygen atoms in total. The summed E-state index contributed by atoms with van der Waals surface area (Å²) < 4.78 is 0. The van der Waals surface area contributed by atoms with Crippen LogP contribution in [0, 0.1) is 0 Å². The second-order valence-electron chi connectivity index (χ2n) is 5.78. The molecule has 128 valence electrons. The van der Waals surface area contributed by atoms with E-state index in [-0.39, 0.29) is 0 Å². The van der Waals surface area contributed by atoms with Crippen LogP contribution in [0.4, 0.5) is 0 Å². The fraction of sp³-hybridized carbons (Fsp3) is 0.350. The Kier molecular flexibility index (Phi) is 6.97. The standard InChI is InChI=1S/C20H26N2O2/c1-3-22(4-2)19(17-8-6-5-7-9-17)15-21-14-16-10-12-18(13-11-16)20(23)24/h5-13,19,21H,3-4,14-15H2,1-2H3,(H,23,24). The second kappa shape index (κ2) is 9.21. The fourth-order valence-electron chi connectivity index (χ4n) is 2.92. The molecular formula is C20H26N2O2. The van der Waals surface area contributed by atoms with Gasteiger partial charge in [0.1, 0.15) is 0 Å². The van der Waals surface area contributed by atoms with Crippen LogP contribution in [-0.2, 0) is 6.54 Å². The van der Waals surface area contributed by atoms with Crippen molar-refractivity contribution in [2.45, 2.75) is 26.4 Å². The zero-order valence-corrected chi connectivity index (χ0v) is 14.4. The Morgan fingerprint density at radius 1 is 1.04 bits per heavy atom. The molecule has 0 saturated heterocycles. The minimum absolute atomic E-state index is 0.323. The van der Waals surface area contributed by atoms with Gasteiger partial charge in [0.25, 0.3) is 0 Å². The zero-order chi connectivity index (χ0) is 17.4. The van der Waals surface area contributed by atoms with E-state index in [1.165, 1.54) is 5.56 Å². The minimum Gasteiger partial charge on any atom is -0.478 e. The van der Waals surface area contributed by atoms with Crippen molar-refractivity contribution < 1.29 is 9.90 Å². The molecule has 0 aromatic heterocycles. The van der Waals surface area contributed by atoms with Crippen LogP contribution in [0.25, 0.3) is 0 Å². The molecule has 0 aliphatic heterocycles. The van der Waals surface area contributed by atoms with Crippen molar-refractivity contribution in [1.82, 2.24) is 10.2 Å². The van der Waals surface area contributed by atoms with Gasteiger partial charge in [-0.2, -0.15) is 0 Å². The van der Waals surface area contributed by atoms with Crippen molar-refractivity contribution in [2.24, 2.45) is 0 Å². The third-order valence-corrected chi connectivity index (χ3v) is 4.31. The lowest BCUT2D eigenvalue weighted by atomic mass is 10.0. The van der Waals surface area contributed by atoms with Crippen molar-refractivity contribution in [1.29, 1.82) is 0 Å². The van der Waals surface area contributed by atoms with Crippen molar-refractivity contribution in [2.75, 3.05) is 19.6 Å². The quantitative estimate of drug-likeness (QED) is 0.740. The number of rotatable bonds is 9. The maximum Gasteiger partial charge on any atom is 0.335 e. The van der Waals surface area contributed by atoms with Gasteiger partial charge < -0.3 is 10.4 Å². The largest absolute Gasteiger partial charge is 0.478 e. The second-order valence-corrected chi connectivity index (χ2v) is 5.78. The van der Waals surface area contributed by atoms with Crippen LogP contribution in [0.5, 0.6) is 0 Å². The summed E-state index contributed by atoms with van der Waals surface area (Å²) in [6, 6.07) is 17.9. The van der Waals surface area contributed by atoms with Crippen LogP contribution in [0.15, 0.2) is 54.6 Å². The molecule has 0 bridgehead atoms. The molecule has 1 unspecified atom stereocenters. The van der Waals surface area contributed by atoms with E-state index in [0.29, 0.717) is 11.6 Å². The highest BCUT2D eigenvalue weighted by atomic mass is 16.4. The molecular weight excluding hydrogens is 300 g/mol. The van der Waals surface area contributed by atoms with Gasteiger partial charge in [-0.15, -0.1) is 0 Å². The zero-order valence-electron chi connectivity index (χ0n) is 14.4. The summed E-state index contributed by atoms with van der Waals surface area (Å²) in [7, 11) is 0. The van der Waals surface area contributed by atoms with Gasteiger partial charge in [-0.25, -0.2) is 4.79 Å². The van der Waals surface area contributed by atoms with Gasteiger partial charge in [-0.05, 0) is 36.3 Å². The molecule has 0 heterocycles. The van der Waals surface area contributed by atoms with Crippen LogP contribution in [0.1, 0.15) is 41.4 Å². The molecule has 0 radical (unpaired) electrons. The average Bonchev–Trinajstić information content (AvgIpc) is 2.62. The van der Waals surface area contributed by atoms with Gasteiger partial charge in [0.05, 0.1) is 5.56 Å². The molecule has 0 spiro atoms. The third kappa shape index (κ3) is 4.91. The number of hydrogen-bond acceptors (Lipinski definition) is 3. The van der Waals surface area contributed by atoms with Crippen LogP contribution < -0.4 is 5.32 Å². The van der Waals surface area contributed by atoms with E-state index in [9.17, 15) is 4.79 Å². The normalized spacial score (nSPS) is 12.3. The molecule has 0 saturated carbocycles. The third-order valence-electron chi connectivity index (χ3n) is 4.31. The highest BCUT2D eigenvalue weighted by Gasteiger charge is 2.17. The van der Waals surface area contributed by atoms with Gasteiger partial charge in [0, 0.05) is 19.1 Å². The topological polar surface area (TPSA) is 52.6 Å². The smallest absolute Gasteiger partial charge is 0.335 e. The van der Waals surface area contributed by atoms with E-state index < -0.39 is 5.97 Å². The number of carbonyl (C=O) groups is 1. The Morgan fingerprint density at radius 3 is 2.21 bits per heavy atom. The molecule has 0 aliphatic rings. The first-order valence-electron chi connectivity index (χ1n) is 8.47. The van der Waals surface area contributed by atoms with E-state index in [1.54, 1.807) is 12.1 Å². The highest BCUT2D eigenvalue weighted by molar-refractivity contribution is 5.87. The number of likely N-dealkylation sites (N-methyl/N-ethyl adjacent to an activating group) is 1. The van der Waals surface area contributed by atoms with Crippen LogP contribution in [0.3, 0.4) is 0 Å². The lowest BCUT2D eigenvalue weighted by Crippen LogP contribution is -2.35. The predicted molar refractivity (Wildman–Crippen MR) is 97.2 cm³/mol. The average molecular weight is 326 g/mol. The van der Waals surface area contributed by atoms with E-state index >= 15 is 0 Å².